The van der Waals surface area contributed by atoms with Crippen molar-refractivity contribution < 1.29 is 42.6 Å². The number of benzene rings is 7. The number of phenolic OH excluding ortho intramolecular Hbond substituents is 1. The Labute approximate surface area is 441 Å². The zero-order valence-electron chi connectivity index (χ0n) is 52.7. The minimum absolute atomic E-state index is 0. The van der Waals surface area contributed by atoms with Gasteiger partial charge in [0.25, 0.3) is 0 Å². The van der Waals surface area contributed by atoms with E-state index in [1.165, 1.54) is 6.20 Å². The molecule has 352 valence electrons. The standard InChI is InChI=1S/C64H64N3O.Pt/c1-39(2)47-35-53(40(3)4)61(68)56(36-47)62-66-60-52(48-32-49(34-51(33-48)64(10,11)12)57-37-46(29-30-65-57)43-23-21-41(5)22-24-43)19-16-20-58(60)67(62)59-31-42(6)54(38-55(59)44-17-14-13-15-18-44)45-25-27-50(28-26-45)63(7,8)9;/h13-31,33-40,68H,1-12H3;/q-1;/i5D3,6D3,21D,22D,23D,24D,39D,40D;. The second kappa shape index (κ2) is 19.2. The van der Waals surface area contributed by atoms with Gasteiger partial charge in [0.1, 0.15) is 11.6 Å². The van der Waals surface area contributed by atoms with Gasteiger partial charge in [-0.2, -0.15) is 0 Å². The summed E-state index contributed by atoms with van der Waals surface area (Å²) in [6.07, 6.45) is 1.50. The maximum atomic E-state index is 12.6. The van der Waals surface area contributed by atoms with Gasteiger partial charge >= 0.3 is 0 Å². The van der Waals surface area contributed by atoms with Crippen LogP contribution in [0.1, 0.15) is 131 Å². The first-order chi connectivity index (χ1) is 37.0. The summed E-state index contributed by atoms with van der Waals surface area (Å²) in [6.45, 7) is 13.9. The summed E-state index contributed by atoms with van der Waals surface area (Å²) in [7, 11) is 0. The van der Waals surface area contributed by atoms with Gasteiger partial charge in [-0.05, 0) is 117 Å². The molecule has 9 aromatic rings. The van der Waals surface area contributed by atoms with Crippen LogP contribution in [0.15, 0.2) is 152 Å². The normalized spacial score (nSPS) is 15.2. The summed E-state index contributed by atoms with van der Waals surface area (Å²) in [5.74, 6) is -2.52. The van der Waals surface area contributed by atoms with Gasteiger partial charge in [0.15, 0.2) is 0 Å². The first kappa shape index (κ1) is 35.7. The van der Waals surface area contributed by atoms with Crippen molar-refractivity contribution in [2.75, 3.05) is 0 Å². The summed E-state index contributed by atoms with van der Waals surface area (Å²) >= 11 is 0. The number of aromatic hydroxyl groups is 1. The van der Waals surface area contributed by atoms with E-state index in [9.17, 15) is 7.85 Å². The van der Waals surface area contributed by atoms with Crippen LogP contribution < -0.4 is 0 Å². The maximum absolute atomic E-state index is 12.6. The molecular formula is C64H64N3OPt-. The second-order valence-electron chi connectivity index (χ2n) is 20.1. The van der Waals surface area contributed by atoms with Gasteiger partial charge in [0.2, 0.25) is 0 Å². The van der Waals surface area contributed by atoms with Crippen LogP contribution >= 0.6 is 0 Å². The van der Waals surface area contributed by atoms with Gasteiger partial charge in [-0.3, -0.25) is 9.55 Å². The van der Waals surface area contributed by atoms with E-state index in [4.69, 9.17) is 23.7 Å². The topological polar surface area (TPSA) is 50.9 Å². The Morgan fingerprint density at radius 2 is 1.32 bits per heavy atom. The van der Waals surface area contributed by atoms with Crippen molar-refractivity contribution in [1.82, 2.24) is 14.5 Å². The summed E-state index contributed by atoms with van der Waals surface area (Å²) in [4.78, 5) is 10.2. The molecule has 2 heterocycles. The molecule has 0 amide bonds. The molecule has 0 aliphatic heterocycles. The van der Waals surface area contributed by atoms with Crippen molar-refractivity contribution in [3.8, 4) is 78.6 Å². The number of phenols is 1. The first-order valence-electron chi connectivity index (χ1n) is 29.0. The molecule has 0 spiro atoms. The van der Waals surface area contributed by atoms with Crippen molar-refractivity contribution in [3.63, 3.8) is 0 Å². The van der Waals surface area contributed by atoms with Crippen molar-refractivity contribution >= 4 is 11.0 Å². The maximum Gasteiger partial charge on any atom is 0.148 e. The first-order valence-corrected chi connectivity index (χ1v) is 23.0. The van der Waals surface area contributed by atoms with E-state index < -0.39 is 60.6 Å². The molecule has 0 unspecified atom stereocenters. The summed E-state index contributed by atoms with van der Waals surface area (Å²) in [5.41, 5.74) is 8.25. The minimum Gasteiger partial charge on any atom is -0.507 e. The molecule has 69 heavy (non-hydrogen) atoms. The fraction of sp³-hybridized carbons (Fsp3) is 0.250. The quantitative estimate of drug-likeness (QED) is 0.147. The summed E-state index contributed by atoms with van der Waals surface area (Å²) in [5, 5.41) is 12.6. The number of para-hydroxylation sites is 1. The average molecular weight is 1100 g/mol. The van der Waals surface area contributed by atoms with Crippen LogP contribution in [0.4, 0.5) is 0 Å². The molecule has 7 aromatic carbocycles. The molecular weight excluding hydrogens is 1020 g/mol. The Bertz CT molecular complexity index is 3870. The zero-order chi connectivity index (χ0) is 58.6. The molecule has 4 nitrogen and oxygen atoms in total. The van der Waals surface area contributed by atoms with Gasteiger partial charge < -0.3 is 5.11 Å². The fourth-order valence-corrected chi connectivity index (χ4v) is 8.70. The largest absolute Gasteiger partial charge is 0.507 e. The van der Waals surface area contributed by atoms with Crippen molar-refractivity contribution in [2.45, 2.75) is 106 Å². The number of rotatable bonds is 9. The third kappa shape index (κ3) is 9.79. The number of fused-ring (bicyclic) bond motifs is 1. The molecule has 0 radical (unpaired) electrons. The molecule has 9 rings (SSSR count). The Hall–Kier alpha value is -6.35. The molecule has 0 bridgehead atoms. The van der Waals surface area contributed by atoms with E-state index in [1.54, 1.807) is 58.0 Å². The van der Waals surface area contributed by atoms with E-state index in [0.717, 1.165) is 22.3 Å². The second-order valence-corrected chi connectivity index (χ2v) is 20.1. The predicted octanol–water partition coefficient (Wildman–Crippen LogP) is 17.4. The fourth-order valence-electron chi connectivity index (χ4n) is 8.70. The molecule has 0 saturated heterocycles. The van der Waals surface area contributed by atoms with Crippen molar-refractivity contribution in [2.24, 2.45) is 0 Å². The number of nitrogens with zero attached hydrogens (tertiary/aromatic N) is 3. The molecule has 0 aliphatic carbocycles. The molecule has 0 saturated carbocycles. The molecule has 0 fully saturated rings. The Balaban J connectivity index is 0.00000860. The van der Waals surface area contributed by atoms with Crippen LogP contribution in [0.25, 0.3) is 83.9 Å². The Morgan fingerprint density at radius 1 is 0.623 bits per heavy atom. The Kier molecular flexibility index (Phi) is 9.94. The SMILES string of the molecule is [2H]c1c([2H])c(C([2H])([2H])[2H])c([2H])c([2H])c1-c1ccnc(-c2[c-]c(-c3cccc4c3nc(-c3cc(C([2H])(C)C)cc(C([2H])(C)C)c3O)n4-c3cc(C([2H])([2H])[2H])c(-c4ccc(C(C)(C)C)cc4)cc3-c3ccccc3)cc(C(C)(C)C)c2)c1.[Pt]. The Morgan fingerprint density at radius 3 is 1.97 bits per heavy atom. The van der Waals surface area contributed by atoms with Gasteiger partial charge in [-0.25, -0.2) is 4.98 Å². The predicted molar refractivity (Wildman–Crippen MR) is 287 cm³/mol. The third-order valence-electron chi connectivity index (χ3n) is 12.7. The van der Waals surface area contributed by atoms with Crippen molar-refractivity contribution in [3.05, 3.63) is 191 Å². The number of pyridine rings is 1. The molecule has 5 heteroatoms. The number of hydrogen-bond donors (Lipinski definition) is 1. The van der Waals surface area contributed by atoms with Crippen LogP contribution in [0.2, 0.25) is 0 Å². The minimum atomic E-state index is -2.88. The van der Waals surface area contributed by atoms with Crippen LogP contribution in [-0.4, -0.2) is 19.6 Å². The van der Waals surface area contributed by atoms with E-state index in [1.807, 2.05) is 95.6 Å². The van der Waals surface area contributed by atoms with Crippen LogP contribution in [0, 0.1) is 19.8 Å². The molecule has 0 atom stereocenters. The number of aryl methyl sites for hydroxylation is 1. The summed E-state index contributed by atoms with van der Waals surface area (Å²) < 4.78 is 107. The van der Waals surface area contributed by atoms with Crippen LogP contribution in [-0.2, 0) is 31.9 Å². The zero-order valence-corrected chi connectivity index (χ0v) is 43.0. The molecule has 1 N–H and O–H groups in total. The van der Waals surface area contributed by atoms with Crippen LogP contribution in [0.5, 0.6) is 5.75 Å². The van der Waals surface area contributed by atoms with Gasteiger partial charge in [0, 0.05) is 49.5 Å². The van der Waals surface area contributed by atoms with Gasteiger partial charge in [-0.15, -0.1) is 29.3 Å². The third-order valence-corrected chi connectivity index (χ3v) is 12.7. The number of hydrogen-bond acceptors (Lipinski definition) is 3. The average Bonchev–Trinajstić information content (AvgIpc) is 3.91. The van der Waals surface area contributed by atoms with Crippen LogP contribution in [0.3, 0.4) is 0 Å². The van der Waals surface area contributed by atoms with E-state index in [0.29, 0.717) is 55.8 Å². The van der Waals surface area contributed by atoms with Crippen molar-refractivity contribution in [1.29, 1.82) is 0 Å². The molecule has 2 aromatic heterocycles. The van der Waals surface area contributed by atoms with E-state index in [-0.39, 0.29) is 65.9 Å². The van der Waals surface area contributed by atoms with Gasteiger partial charge in [-0.1, -0.05) is 189 Å². The molecule has 0 aliphatic rings. The summed E-state index contributed by atoms with van der Waals surface area (Å²) in [6, 6.07) is 38.8. The van der Waals surface area contributed by atoms with E-state index >= 15 is 0 Å². The number of imidazole rings is 1. The van der Waals surface area contributed by atoms with E-state index in [2.05, 4.69) is 47.6 Å². The van der Waals surface area contributed by atoms with Gasteiger partial charge in [0.05, 0.1) is 27.8 Å². The monoisotopic (exact) mass is 1100 g/mol. The number of aromatic nitrogens is 3. The smallest absolute Gasteiger partial charge is 0.148 e.